The van der Waals surface area contributed by atoms with Crippen molar-refractivity contribution in [2.45, 2.75) is 37.0 Å². The number of rotatable bonds is 6. The molecule has 154 valence electrons. The molecule has 1 fully saturated rings. The molecule has 1 N–H and O–H groups in total. The van der Waals surface area contributed by atoms with Gasteiger partial charge in [0, 0.05) is 11.9 Å². The summed E-state index contributed by atoms with van der Waals surface area (Å²) in [6.07, 6.45) is 5.85. The molecule has 2 aliphatic rings. The summed E-state index contributed by atoms with van der Waals surface area (Å²) >= 11 is 0. The second-order valence-corrected chi connectivity index (χ2v) is 9.44. The summed E-state index contributed by atoms with van der Waals surface area (Å²) in [6.45, 7) is -0.281. The van der Waals surface area contributed by atoms with E-state index >= 15 is 0 Å². The number of hydrogen-bond acceptors (Lipinski definition) is 5. The van der Waals surface area contributed by atoms with E-state index in [0.717, 1.165) is 22.5 Å². The molecule has 0 spiro atoms. The second kappa shape index (κ2) is 8.02. The van der Waals surface area contributed by atoms with E-state index in [9.17, 15) is 18.0 Å². The minimum Gasteiger partial charge on any atom is -0.454 e. The van der Waals surface area contributed by atoms with Gasteiger partial charge in [-0.05, 0) is 36.3 Å². The third kappa shape index (κ3) is 3.94. The number of benzene rings is 2. The van der Waals surface area contributed by atoms with Crippen LogP contribution in [0.3, 0.4) is 0 Å². The normalized spacial score (nSPS) is 18.0. The first-order valence-electron chi connectivity index (χ1n) is 9.93. The maximum atomic E-state index is 12.9. The highest BCUT2D eigenvalue weighted by molar-refractivity contribution is 7.93. The van der Waals surface area contributed by atoms with Crippen LogP contribution in [0.15, 0.2) is 41.3 Å². The average molecular weight is 416 g/mol. The van der Waals surface area contributed by atoms with Gasteiger partial charge in [-0.1, -0.05) is 43.5 Å². The molecule has 1 aliphatic carbocycles. The molecule has 7 nitrogen and oxygen atoms in total. The Kier molecular flexibility index (Phi) is 5.45. The number of ether oxygens (including phenoxy) is 1. The molecule has 0 aromatic heterocycles. The van der Waals surface area contributed by atoms with Crippen LogP contribution in [0.5, 0.6) is 0 Å². The number of carbonyl (C=O) groups excluding carboxylic acids is 2. The number of anilines is 1. The van der Waals surface area contributed by atoms with Crippen LogP contribution in [0.4, 0.5) is 5.69 Å². The highest BCUT2D eigenvalue weighted by Crippen LogP contribution is 2.41. The smallest absolute Gasteiger partial charge is 0.327 e. The summed E-state index contributed by atoms with van der Waals surface area (Å²) in [7, 11) is -3.82. The number of sulfonamides is 1. The molecule has 1 amide bonds. The van der Waals surface area contributed by atoms with Gasteiger partial charge in [-0.25, -0.2) is 8.42 Å². The van der Waals surface area contributed by atoms with E-state index < -0.39 is 29.1 Å². The summed E-state index contributed by atoms with van der Waals surface area (Å²) < 4.78 is 31.8. The highest BCUT2D eigenvalue weighted by atomic mass is 32.2. The van der Waals surface area contributed by atoms with Crippen molar-refractivity contribution in [3.05, 3.63) is 36.4 Å². The Morgan fingerprint density at radius 1 is 1.07 bits per heavy atom. The summed E-state index contributed by atoms with van der Waals surface area (Å²) in [5.41, 5.74) is 0.455. The molecule has 0 bridgehead atoms. The van der Waals surface area contributed by atoms with Crippen LogP contribution in [0, 0.1) is 5.92 Å². The van der Waals surface area contributed by atoms with Gasteiger partial charge in [0.05, 0.1) is 10.6 Å². The molecule has 1 heterocycles. The van der Waals surface area contributed by atoms with Crippen LogP contribution >= 0.6 is 0 Å². The van der Waals surface area contributed by atoms with E-state index in [-0.39, 0.29) is 10.8 Å². The number of nitrogens with one attached hydrogen (secondary N) is 1. The first-order valence-corrected chi connectivity index (χ1v) is 11.4. The van der Waals surface area contributed by atoms with E-state index in [1.54, 1.807) is 18.2 Å². The van der Waals surface area contributed by atoms with Crippen LogP contribution in [-0.4, -0.2) is 40.0 Å². The molecule has 4 rings (SSSR count). The molecule has 1 aliphatic heterocycles. The predicted octanol–water partition coefficient (Wildman–Crippen LogP) is 2.59. The molecular formula is C21H24N2O5S. The maximum absolute atomic E-state index is 12.9. The molecule has 0 saturated heterocycles. The van der Waals surface area contributed by atoms with Crippen molar-refractivity contribution in [1.82, 2.24) is 5.32 Å². The predicted molar refractivity (Wildman–Crippen MR) is 109 cm³/mol. The summed E-state index contributed by atoms with van der Waals surface area (Å²) in [5, 5.41) is 4.20. The van der Waals surface area contributed by atoms with Crippen molar-refractivity contribution < 1.29 is 22.7 Å². The third-order valence-corrected chi connectivity index (χ3v) is 7.43. The Morgan fingerprint density at radius 2 is 1.79 bits per heavy atom. The number of esters is 1. The topological polar surface area (TPSA) is 92.8 Å². The summed E-state index contributed by atoms with van der Waals surface area (Å²) in [4.78, 5) is 24.4. The summed E-state index contributed by atoms with van der Waals surface area (Å²) in [5.74, 6) is -0.637. The van der Waals surface area contributed by atoms with Gasteiger partial charge in [0.2, 0.25) is 0 Å². The van der Waals surface area contributed by atoms with Crippen molar-refractivity contribution in [2.75, 3.05) is 24.0 Å². The summed E-state index contributed by atoms with van der Waals surface area (Å²) in [6, 6.07) is 10.3. The van der Waals surface area contributed by atoms with Gasteiger partial charge in [0.15, 0.2) is 6.61 Å². The van der Waals surface area contributed by atoms with Crippen LogP contribution in [0.25, 0.3) is 10.8 Å². The fourth-order valence-electron chi connectivity index (χ4n) is 4.14. The van der Waals surface area contributed by atoms with Crippen LogP contribution < -0.4 is 9.62 Å². The molecular weight excluding hydrogens is 392 g/mol. The zero-order valence-electron chi connectivity index (χ0n) is 16.1. The van der Waals surface area contributed by atoms with Gasteiger partial charge in [-0.15, -0.1) is 0 Å². The van der Waals surface area contributed by atoms with Gasteiger partial charge >= 0.3 is 5.97 Å². The molecule has 0 radical (unpaired) electrons. The van der Waals surface area contributed by atoms with E-state index in [0.29, 0.717) is 23.5 Å². The lowest BCUT2D eigenvalue weighted by Gasteiger charge is -2.21. The van der Waals surface area contributed by atoms with Crippen molar-refractivity contribution in [3.8, 4) is 0 Å². The van der Waals surface area contributed by atoms with Crippen molar-refractivity contribution in [3.63, 3.8) is 0 Å². The standard InChI is InChI=1S/C21H24N2O5S/c24-19(22-12-15-6-2-1-3-7-15)14-28-20(25)13-23-17-10-4-8-16-9-5-11-18(21(16)17)29(23,26)27/h4-5,8-11,15H,1-3,6-7,12-14H2,(H,22,24). The lowest BCUT2D eigenvalue weighted by molar-refractivity contribution is -0.147. The fourth-order valence-corrected chi connectivity index (χ4v) is 5.79. The number of amides is 1. The van der Waals surface area contributed by atoms with Gasteiger partial charge in [0.25, 0.3) is 15.9 Å². The molecule has 2 aromatic rings. The molecule has 2 aromatic carbocycles. The Balaban J connectivity index is 1.35. The van der Waals surface area contributed by atoms with E-state index in [2.05, 4.69) is 5.32 Å². The van der Waals surface area contributed by atoms with Crippen molar-refractivity contribution in [2.24, 2.45) is 5.92 Å². The van der Waals surface area contributed by atoms with E-state index in [1.165, 1.54) is 25.3 Å². The SMILES string of the molecule is O=C(COC(=O)CN1c2cccc3cccc(c23)S1(=O)=O)NCC1CCCCC1. The first-order chi connectivity index (χ1) is 14.0. The molecule has 0 atom stereocenters. The van der Waals surface area contributed by atoms with Crippen LogP contribution in [0.1, 0.15) is 32.1 Å². The zero-order chi connectivity index (χ0) is 20.4. The van der Waals surface area contributed by atoms with Crippen molar-refractivity contribution >= 4 is 38.4 Å². The minimum atomic E-state index is -3.82. The third-order valence-electron chi connectivity index (χ3n) is 5.63. The largest absolute Gasteiger partial charge is 0.454 e. The Hall–Kier alpha value is -2.61. The highest BCUT2D eigenvalue weighted by Gasteiger charge is 2.37. The molecule has 29 heavy (non-hydrogen) atoms. The Bertz CT molecular complexity index is 1040. The minimum absolute atomic E-state index is 0.184. The molecule has 8 heteroatoms. The van der Waals surface area contributed by atoms with Gasteiger partial charge < -0.3 is 10.1 Å². The second-order valence-electron chi connectivity index (χ2n) is 7.61. The van der Waals surface area contributed by atoms with E-state index in [4.69, 9.17) is 4.74 Å². The lowest BCUT2D eigenvalue weighted by atomic mass is 9.89. The number of carbonyl (C=O) groups is 2. The van der Waals surface area contributed by atoms with Gasteiger partial charge in [0.1, 0.15) is 6.54 Å². The van der Waals surface area contributed by atoms with Gasteiger partial charge in [-0.3, -0.25) is 13.9 Å². The number of hydrogen-bond donors (Lipinski definition) is 1. The molecule has 1 saturated carbocycles. The van der Waals surface area contributed by atoms with Crippen LogP contribution in [-0.2, 0) is 24.3 Å². The average Bonchev–Trinajstić information content (AvgIpc) is 2.95. The maximum Gasteiger partial charge on any atom is 0.327 e. The quantitative estimate of drug-likeness (QED) is 0.731. The monoisotopic (exact) mass is 416 g/mol. The fraction of sp³-hybridized carbons (Fsp3) is 0.429. The van der Waals surface area contributed by atoms with Gasteiger partial charge in [-0.2, -0.15) is 0 Å². The Labute approximate surface area is 170 Å². The first kappa shape index (κ1) is 19.7. The van der Waals surface area contributed by atoms with Crippen molar-refractivity contribution in [1.29, 1.82) is 0 Å². The Morgan fingerprint density at radius 3 is 2.55 bits per heavy atom. The number of nitrogens with zero attached hydrogens (tertiary/aromatic N) is 1. The van der Waals surface area contributed by atoms with Crippen LogP contribution in [0.2, 0.25) is 0 Å². The van der Waals surface area contributed by atoms with E-state index in [1.807, 2.05) is 12.1 Å². The zero-order valence-corrected chi connectivity index (χ0v) is 16.9. The lowest BCUT2D eigenvalue weighted by Crippen LogP contribution is -2.37. The molecule has 0 unspecified atom stereocenters.